The summed E-state index contributed by atoms with van der Waals surface area (Å²) in [5, 5.41) is 0.616. The van der Waals surface area contributed by atoms with E-state index in [1.165, 1.54) is 43.4 Å². The molecular formula is C18H27FOS. The molecule has 1 nitrogen and oxygen atoms in total. The summed E-state index contributed by atoms with van der Waals surface area (Å²) in [7, 11) is 0. The molecule has 2 unspecified atom stereocenters. The Kier molecular flexibility index (Phi) is 7.59. The van der Waals surface area contributed by atoms with Gasteiger partial charge in [-0.05, 0) is 43.5 Å². The number of ether oxygens (including phenoxy) is 1. The fraction of sp³-hybridized carbons (Fsp3) is 0.667. The molecule has 3 heteroatoms. The van der Waals surface area contributed by atoms with E-state index in [9.17, 15) is 4.39 Å². The van der Waals surface area contributed by atoms with Gasteiger partial charge in [0.1, 0.15) is 5.82 Å². The third-order valence-electron chi connectivity index (χ3n) is 4.07. The fourth-order valence-electron chi connectivity index (χ4n) is 2.83. The standard InChI is InChI=1S/C18H27FOS/c1-2-3-4-5-6-7-16-14-18(12-13-20-16)21-17-10-8-15(19)9-11-17/h8-11,16,18H,2-7,12-14H2,1H3. The zero-order valence-corrected chi connectivity index (χ0v) is 13.8. The summed E-state index contributed by atoms with van der Waals surface area (Å²) in [6.07, 6.45) is 10.5. The summed E-state index contributed by atoms with van der Waals surface area (Å²) in [6.45, 7) is 3.13. The van der Waals surface area contributed by atoms with E-state index >= 15 is 0 Å². The number of benzene rings is 1. The van der Waals surface area contributed by atoms with Gasteiger partial charge < -0.3 is 4.74 Å². The molecule has 0 amide bonds. The van der Waals surface area contributed by atoms with E-state index in [4.69, 9.17) is 4.74 Å². The minimum absolute atomic E-state index is 0.156. The van der Waals surface area contributed by atoms with Gasteiger partial charge in [-0.3, -0.25) is 0 Å². The number of rotatable bonds is 8. The number of thioether (sulfide) groups is 1. The number of hydrogen-bond acceptors (Lipinski definition) is 2. The van der Waals surface area contributed by atoms with Crippen molar-refractivity contribution in [1.82, 2.24) is 0 Å². The molecule has 1 aliphatic rings. The van der Waals surface area contributed by atoms with Crippen LogP contribution in [0.4, 0.5) is 4.39 Å². The predicted octanol–water partition coefficient (Wildman–Crippen LogP) is 5.83. The zero-order chi connectivity index (χ0) is 14.9. The molecule has 0 N–H and O–H groups in total. The van der Waals surface area contributed by atoms with Crippen molar-refractivity contribution in [2.45, 2.75) is 74.5 Å². The minimum Gasteiger partial charge on any atom is -0.378 e. The van der Waals surface area contributed by atoms with Crippen molar-refractivity contribution in [2.75, 3.05) is 6.61 Å². The molecule has 118 valence electrons. The molecule has 21 heavy (non-hydrogen) atoms. The first kappa shape index (κ1) is 16.8. The van der Waals surface area contributed by atoms with E-state index in [0.29, 0.717) is 11.4 Å². The molecule has 1 saturated heterocycles. The first-order valence-corrected chi connectivity index (χ1v) is 9.19. The Balaban J connectivity index is 1.69. The quantitative estimate of drug-likeness (QED) is 0.559. The van der Waals surface area contributed by atoms with Crippen molar-refractivity contribution in [3.05, 3.63) is 30.1 Å². The van der Waals surface area contributed by atoms with E-state index < -0.39 is 0 Å². The molecule has 0 bridgehead atoms. The van der Waals surface area contributed by atoms with Crippen LogP contribution >= 0.6 is 11.8 Å². The molecule has 0 aliphatic carbocycles. The van der Waals surface area contributed by atoms with Crippen LogP contribution in [0.2, 0.25) is 0 Å². The van der Waals surface area contributed by atoms with Gasteiger partial charge in [0.05, 0.1) is 6.10 Å². The maximum Gasteiger partial charge on any atom is 0.123 e. The van der Waals surface area contributed by atoms with Crippen molar-refractivity contribution in [2.24, 2.45) is 0 Å². The smallest absolute Gasteiger partial charge is 0.123 e. The molecule has 1 aromatic rings. The van der Waals surface area contributed by atoms with Gasteiger partial charge in [-0.1, -0.05) is 39.0 Å². The number of hydrogen-bond donors (Lipinski definition) is 0. The van der Waals surface area contributed by atoms with Crippen LogP contribution in [0.1, 0.15) is 58.3 Å². The molecule has 1 aromatic carbocycles. The van der Waals surface area contributed by atoms with Crippen LogP contribution in [0.25, 0.3) is 0 Å². The molecule has 0 radical (unpaired) electrons. The Morgan fingerprint density at radius 2 is 1.90 bits per heavy atom. The minimum atomic E-state index is -0.156. The van der Waals surface area contributed by atoms with Gasteiger partial charge in [0.25, 0.3) is 0 Å². The van der Waals surface area contributed by atoms with Gasteiger partial charge in [0.15, 0.2) is 0 Å². The Hall–Kier alpha value is -0.540. The SMILES string of the molecule is CCCCCCCC1CC(Sc2ccc(F)cc2)CCO1. The zero-order valence-electron chi connectivity index (χ0n) is 13.0. The average Bonchev–Trinajstić information content (AvgIpc) is 2.50. The van der Waals surface area contributed by atoms with Crippen LogP contribution < -0.4 is 0 Å². The topological polar surface area (TPSA) is 9.23 Å². The van der Waals surface area contributed by atoms with Gasteiger partial charge in [-0.2, -0.15) is 0 Å². The number of unbranched alkanes of at least 4 members (excludes halogenated alkanes) is 4. The molecule has 1 aliphatic heterocycles. The van der Waals surface area contributed by atoms with E-state index in [0.717, 1.165) is 19.4 Å². The first-order valence-electron chi connectivity index (χ1n) is 8.31. The fourth-order valence-corrected chi connectivity index (χ4v) is 4.04. The lowest BCUT2D eigenvalue weighted by Gasteiger charge is -2.29. The molecule has 0 spiro atoms. The van der Waals surface area contributed by atoms with Crippen LogP contribution in [-0.4, -0.2) is 18.0 Å². The molecule has 1 fully saturated rings. The van der Waals surface area contributed by atoms with Gasteiger partial charge in [-0.25, -0.2) is 4.39 Å². The lowest BCUT2D eigenvalue weighted by molar-refractivity contribution is 0.0125. The lowest BCUT2D eigenvalue weighted by Crippen LogP contribution is -2.27. The molecular weight excluding hydrogens is 283 g/mol. The lowest BCUT2D eigenvalue weighted by atomic mass is 10.0. The van der Waals surface area contributed by atoms with Crippen LogP contribution in [0, 0.1) is 5.82 Å². The van der Waals surface area contributed by atoms with Crippen molar-refractivity contribution in [3.8, 4) is 0 Å². The van der Waals surface area contributed by atoms with Gasteiger partial charge in [0, 0.05) is 16.8 Å². The Labute approximate surface area is 132 Å². The van der Waals surface area contributed by atoms with E-state index in [1.807, 2.05) is 23.9 Å². The third kappa shape index (κ3) is 6.39. The highest BCUT2D eigenvalue weighted by Gasteiger charge is 2.23. The largest absolute Gasteiger partial charge is 0.378 e. The molecule has 2 rings (SSSR count). The van der Waals surface area contributed by atoms with E-state index in [-0.39, 0.29) is 5.82 Å². The summed E-state index contributed by atoms with van der Waals surface area (Å²) in [5.41, 5.74) is 0. The molecule has 2 atom stereocenters. The highest BCUT2D eigenvalue weighted by Crippen LogP contribution is 2.33. The first-order chi connectivity index (χ1) is 10.3. The summed E-state index contributed by atoms with van der Waals surface area (Å²) in [5.74, 6) is -0.156. The maximum atomic E-state index is 12.9. The van der Waals surface area contributed by atoms with Crippen molar-refractivity contribution >= 4 is 11.8 Å². The van der Waals surface area contributed by atoms with Crippen molar-refractivity contribution in [1.29, 1.82) is 0 Å². The maximum absolute atomic E-state index is 12.9. The second-order valence-electron chi connectivity index (χ2n) is 5.91. The monoisotopic (exact) mass is 310 g/mol. The Morgan fingerprint density at radius 3 is 2.67 bits per heavy atom. The van der Waals surface area contributed by atoms with Crippen molar-refractivity contribution < 1.29 is 9.13 Å². The van der Waals surface area contributed by atoms with Crippen molar-refractivity contribution in [3.63, 3.8) is 0 Å². The normalized spacial score (nSPS) is 22.4. The number of halogens is 1. The molecule has 1 heterocycles. The molecule has 0 saturated carbocycles. The second kappa shape index (κ2) is 9.47. The van der Waals surface area contributed by atoms with E-state index in [2.05, 4.69) is 6.92 Å². The Bertz CT molecular complexity index is 393. The summed E-state index contributed by atoms with van der Waals surface area (Å²) in [6, 6.07) is 6.87. The van der Waals surface area contributed by atoms with Gasteiger partial charge in [0.2, 0.25) is 0 Å². The van der Waals surface area contributed by atoms with Gasteiger partial charge in [-0.15, -0.1) is 11.8 Å². The summed E-state index contributed by atoms with van der Waals surface area (Å²) >= 11 is 1.88. The van der Waals surface area contributed by atoms with E-state index in [1.54, 1.807) is 12.1 Å². The van der Waals surface area contributed by atoms with Crippen LogP contribution in [0.3, 0.4) is 0 Å². The summed E-state index contributed by atoms with van der Waals surface area (Å²) < 4.78 is 18.8. The third-order valence-corrected chi connectivity index (χ3v) is 5.37. The van der Waals surface area contributed by atoms with Crippen LogP contribution in [-0.2, 0) is 4.74 Å². The Morgan fingerprint density at radius 1 is 1.14 bits per heavy atom. The van der Waals surface area contributed by atoms with Crippen LogP contribution in [0.5, 0.6) is 0 Å². The second-order valence-corrected chi connectivity index (χ2v) is 7.29. The summed E-state index contributed by atoms with van der Waals surface area (Å²) in [4.78, 5) is 1.17. The van der Waals surface area contributed by atoms with Gasteiger partial charge >= 0.3 is 0 Å². The predicted molar refractivity (Wildman–Crippen MR) is 88.4 cm³/mol. The highest BCUT2D eigenvalue weighted by molar-refractivity contribution is 8.00. The van der Waals surface area contributed by atoms with Crippen LogP contribution in [0.15, 0.2) is 29.2 Å². The highest BCUT2D eigenvalue weighted by atomic mass is 32.2. The molecule has 0 aromatic heterocycles. The average molecular weight is 310 g/mol.